The van der Waals surface area contributed by atoms with Crippen molar-refractivity contribution in [1.29, 1.82) is 0 Å². The maximum atomic E-state index is 11.5. The molecule has 16 heavy (non-hydrogen) atoms. The number of benzene rings is 1. The molecule has 88 valence electrons. The van der Waals surface area contributed by atoms with Crippen molar-refractivity contribution in [1.82, 2.24) is 0 Å². The van der Waals surface area contributed by atoms with Crippen LogP contribution in [0.3, 0.4) is 0 Å². The molecular formula is C11H15NO3S. The van der Waals surface area contributed by atoms with Gasteiger partial charge in [0.25, 0.3) is 10.1 Å². The lowest BCUT2D eigenvalue weighted by Crippen LogP contribution is -2.43. The average molecular weight is 241 g/mol. The van der Waals surface area contributed by atoms with Crippen LogP contribution >= 0.6 is 0 Å². The minimum absolute atomic E-state index is 0.642. The molecule has 2 rings (SSSR count). The van der Waals surface area contributed by atoms with Crippen LogP contribution in [0.15, 0.2) is 24.3 Å². The van der Waals surface area contributed by atoms with E-state index in [1.54, 1.807) is 12.1 Å². The number of rotatable bonds is 1. The quantitative estimate of drug-likeness (QED) is 0.762. The van der Waals surface area contributed by atoms with E-state index in [0.29, 0.717) is 5.56 Å². The molecule has 0 fully saturated rings. The number of hydrogen-bond donors (Lipinski definition) is 1. The van der Waals surface area contributed by atoms with Crippen molar-refractivity contribution in [3.8, 4) is 0 Å². The molecule has 1 atom stereocenters. The first-order chi connectivity index (χ1) is 7.26. The van der Waals surface area contributed by atoms with Crippen LogP contribution < -0.4 is 4.90 Å². The summed E-state index contributed by atoms with van der Waals surface area (Å²) in [6.07, 6.45) is 0. The van der Waals surface area contributed by atoms with Crippen molar-refractivity contribution in [3.63, 3.8) is 0 Å². The van der Waals surface area contributed by atoms with E-state index in [4.69, 9.17) is 0 Å². The second kappa shape index (κ2) is 3.21. The number of hydrogen-bond acceptors (Lipinski definition) is 3. The van der Waals surface area contributed by atoms with E-state index < -0.39 is 20.9 Å². The Kier molecular flexibility index (Phi) is 2.29. The van der Waals surface area contributed by atoms with Crippen molar-refractivity contribution >= 4 is 15.8 Å². The molecular weight excluding hydrogens is 226 g/mol. The van der Waals surface area contributed by atoms with Crippen molar-refractivity contribution in [2.75, 3.05) is 11.9 Å². The molecule has 0 amide bonds. The zero-order chi connectivity index (χ0) is 12.1. The minimum Gasteiger partial charge on any atom is -0.367 e. The van der Waals surface area contributed by atoms with Crippen molar-refractivity contribution in [3.05, 3.63) is 29.8 Å². The van der Waals surface area contributed by atoms with E-state index >= 15 is 0 Å². The van der Waals surface area contributed by atoms with Gasteiger partial charge in [-0.25, -0.2) is 0 Å². The van der Waals surface area contributed by atoms with Gasteiger partial charge in [-0.3, -0.25) is 4.55 Å². The Bertz CT molecular complexity index is 522. The predicted molar refractivity (Wildman–Crippen MR) is 63.2 cm³/mol. The second-order valence-corrected chi connectivity index (χ2v) is 6.17. The van der Waals surface area contributed by atoms with E-state index in [2.05, 4.69) is 0 Å². The Balaban J connectivity index is 2.71. The van der Waals surface area contributed by atoms with Gasteiger partial charge < -0.3 is 4.90 Å². The molecule has 1 aliphatic heterocycles. The Morgan fingerprint density at radius 3 is 2.44 bits per heavy atom. The van der Waals surface area contributed by atoms with Crippen molar-refractivity contribution < 1.29 is 13.0 Å². The largest absolute Gasteiger partial charge is 0.367 e. The molecule has 1 aromatic carbocycles. The molecule has 0 aliphatic carbocycles. The maximum Gasteiger partial charge on any atom is 0.274 e. The summed E-state index contributed by atoms with van der Waals surface area (Å²) < 4.78 is 32.3. The average Bonchev–Trinajstić information content (AvgIpc) is 2.34. The first-order valence-corrected chi connectivity index (χ1v) is 6.55. The van der Waals surface area contributed by atoms with Gasteiger partial charge in [-0.1, -0.05) is 18.2 Å². The van der Waals surface area contributed by atoms with Crippen LogP contribution in [0.2, 0.25) is 0 Å². The molecule has 0 saturated heterocycles. The van der Waals surface area contributed by atoms with E-state index in [1.807, 2.05) is 37.9 Å². The standard InChI is InChI=1S/C11H15NO3S/c1-11(2)10(16(13,14)15)8-6-4-5-7-9(8)12(11)3/h4-7,10H,1-3H3,(H,13,14,15). The van der Waals surface area contributed by atoms with Gasteiger partial charge in [0.2, 0.25) is 0 Å². The van der Waals surface area contributed by atoms with Crippen LogP contribution in [0.5, 0.6) is 0 Å². The number of likely N-dealkylation sites (N-methyl/N-ethyl adjacent to an activating group) is 1. The summed E-state index contributed by atoms with van der Waals surface area (Å²) in [5.41, 5.74) is 0.879. The molecule has 0 saturated carbocycles. The zero-order valence-corrected chi connectivity index (χ0v) is 10.3. The lowest BCUT2D eigenvalue weighted by Gasteiger charge is -2.33. The van der Waals surface area contributed by atoms with Gasteiger partial charge in [0.15, 0.2) is 0 Å². The number of fused-ring (bicyclic) bond motifs is 1. The SMILES string of the molecule is CN1c2ccccc2C(S(=O)(=O)O)C1(C)C. The molecule has 1 aliphatic rings. The summed E-state index contributed by atoms with van der Waals surface area (Å²) in [5, 5.41) is -0.888. The van der Waals surface area contributed by atoms with E-state index in [0.717, 1.165) is 5.69 Å². The lowest BCUT2D eigenvalue weighted by atomic mass is 9.99. The van der Waals surface area contributed by atoms with Gasteiger partial charge >= 0.3 is 0 Å². The second-order valence-electron chi connectivity index (χ2n) is 4.67. The molecule has 4 nitrogen and oxygen atoms in total. The van der Waals surface area contributed by atoms with Gasteiger partial charge in [-0.2, -0.15) is 8.42 Å². The van der Waals surface area contributed by atoms with Crippen LogP contribution in [0, 0.1) is 0 Å². The number of anilines is 1. The lowest BCUT2D eigenvalue weighted by molar-refractivity contribution is 0.421. The topological polar surface area (TPSA) is 57.6 Å². The molecule has 1 unspecified atom stereocenters. The molecule has 1 heterocycles. The van der Waals surface area contributed by atoms with E-state index in [1.165, 1.54) is 0 Å². The highest BCUT2D eigenvalue weighted by Crippen LogP contribution is 2.48. The molecule has 5 heteroatoms. The third-order valence-electron chi connectivity index (χ3n) is 3.38. The Morgan fingerprint density at radius 1 is 1.31 bits per heavy atom. The molecule has 1 aromatic rings. The third kappa shape index (κ3) is 1.43. The summed E-state index contributed by atoms with van der Waals surface area (Å²) >= 11 is 0. The highest BCUT2D eigenvalue weighted by Gasteiger charge is 2.49. The fourth-order valence-electron chi connectivity index (χ4n) is 2.41. The molecule has 0 spiro atoms. The molecule has 0 bridgehead atoms. The van der Waals surface area contributed by atoms with Crippen LogP contribution in [0.25, 0.3) is 0 Å². The van der Waals surface area contributed by atoms with Crippen molar-refractivity contribution in [2.24, 2.45) is 0 Å². The molecule has 0 aromatic heterocycles. The fourth-order valence-corrected chi connectivity index (χ4v) is 3.81. The first kappa shape index (κ1) is 11.4. The van der Waals surface area contributed by atoms with E-state index in [9.17, 15) is 13.0 Å². The van der Waals surface area contributed by atoms with Crippen LogP contribution in [0.4, 0.5) is 5.69 Å². The van der Waals surface area contributed by atoms with Gasteiger partial charge in [0.05, 0.1) is 5.54 Å². The van der Waals surface area contributed by atoms with E-state index in [-0.39, 0.29) is 0 Å². The highest BCUT2D eigenvalue weighted by molar-refractivity contribution is 7.86. The highest BCUT2D eigenvalue weighted by atomic mass is 32.2. The Morgan fingerprint density at radius 2 is 1.88 bits per heavy atom. The van der Waals surface area contributed by atoms with Gasteiger partial charge in [0.1, 0.15) is 5.25 Å². The van der Waals surface area contributed by atoms with Crippen LogP contribution in [-0.4, -0.2) is 25.6 Å². The van der Waals surface area contributed by atoms with Crippen molar-refractivity contribution in [2.45, 2.75) is 24.6 Å². The Hall–Kier alpha value is -1.07. The Labute approximate surface area is 95.6 Å². The summed E-state index contributed by atoms with van der Waals surface area (Å²) in [5.74, 6) is 0. The molecule has 0 radical (unpaired) electrons. The van der Waals surface area contributed by atoms with Crippen LogP contribution in [-0.2, 0) is 10.1 Å². The zero-order valence-electron chi connectivity index (χ0n) is 9.51. The number of para-hydroxylation sites is 1. The first-order valence-electron chi connectivity index (χ1n) is 5.05. The minimum atomic E-state index is -4.10. The van der Waals surface area contributed by atoms with Gasteiger partial charge in [-0.15, -0.1) is 0 Å². The smallest absolute Gasteiger partial charge is 0.274 e. The number of nitrogens with zero attached hydrogens (tertiary/aromatic N) is 1. The fraction of sp³-hybridized carbons (Fsp3) is 0.455. The summed E-state index contributed by atoms with van der Waals surface area (Å²) in [6.45, 7) is 3.62. The van der Waals surface area contributed by atoms with Crippen LogP contribution in [0.1, 0.15) is 24.7 Å². The van der Waals surface area contributed by atoms with Gasteiger partial charge in [0, 0.05) is 12.7 Å². The summed E-state index contributed by atoms with van der Waals surface area (Å²) in [6, 6.07) is 7.26. The van der Waals surface area contributed by atoms with Gasteiger partial charge in [-0.05, 0) is 25.5 Å². The maximum absolute atomic E-state index is 11.5. The summed E-state index contributed by atoms with van der Waals surface area (Å²) in [4.78, 5) is 1.89. The summed E-state index contributed by atoms with van der Waals surface area (Å²) in [7, 11) is -2.26. The molecule has 1 N–H and O–H groups in total. The monoisotopic (exact) mass is 241 g/mol. The normalized spacial score (nSPS) is 23.2. The third-order valence-corrected chi connectivity index (χ3v) is 4.81. The predicted octanol–water partition coefficient (Wildman–Crippen LogP) is 1.84.